The Hall–Kier alpha value is -3.16. The highest BCUT2D eigenvalue weighted by molar-refractivity contribution is 5.96. The summed E-state index contributed by atoms with van der Waals surface area (Å²) >= 11 is 0. The van der Waals surface area contributed by atoms with E-state index >= 15 is 0 Å². The highest BCUT2D eigenvalue weighted by Gasteiger charge is 2.29. The number of nitrogens with one attached hydrogen (secondary N) is 1. The number of hydrogen-bond acceptors (Lipinski definition) is 6. The molecule has 37 heavy (non-hydrogen) atoms. The van der Waals surface area contributed by atoms with Gasteiger partial charge in [0.15, 0.2) is 0 Å². The summed E-state index contributed by atoms with van der Waals surface area (Å²) in [6.45, 7) is 11.8. The Morgan fingerprint density at radius 1 is 1.08 bits per heavy atom. The number of aromatic nitrogens is 1. The number of anilines is 2. The van der Waals surface area contributed by atoms with Gasteiger partial charge in [0.05, 0.1) is 18.0 Å². The van der Waals surface area contributed by atoms with Crippen molar-refractivity contribution in [3.8, 4) is 0 Å². The summed E-state index contributed by atoms with van der Waals surface area (Å²) < 4.78 is 5.11. The number of nitrogens with zero attached hydrogens (tertiary/aromatic N) is 3. The average Bonchev–Trinajstić information content (AvgIpc) is 2.87. The molecule has 8 nitrogen and oxygen atoms in total. The molecule has 0 unspecified atom stereocenters. The molecule has 2 aliphatic heterocycles. The second-order valence-electron chi connectivity index (χ2n) is 10.9. The van der Waals surface area contributed by atoms with Crippen LogP contribution in [0.4, 0.5) is 11.5 Å². The number of amides is 2. The van der Waals surface area contributed by atoms with Gasteiger partial charge < -0.3 is 19.9 Å². The minimum Gasteiger partial charge on any atom is -0.466 e. The zero-order valence-corrected chi connectivity index (χ0v) is 22.6. The standard InChI is InChI=1S/C29H40N4O4/c1-5-37-29(36)22-7-6-12-32(18-22)28(35)11-10-27(34)30-23-8-9-25-24(15-23)21(4)14-26(31-25)33-16-19(2)13-20(3)17-33/h8-9,14-15,19-20,22H,5-7,10-13,16-18H2,1-4H3,(H,30,34)/t19-,20-,22+/m0/s1. The van der Waals surface area contributed by atoms with E-state index in [4.69, 9.17) is 9.72 Å². The van der Waals surface area contributed by atoms with Crippen molar-refractivity contribution in [1.29, 1.82) is 0 Å². The molecule has 0 radical (unpaired) electrons. The van der Waals surface area contributed by atoms with Gasteiger partial charge in [-0.25, -0.2) is 4.98 Å². The number of hydrogen-bond donors (Lipinski definition) is 1. The van der Waals surface area contributed by atoms with E-state index < -0.39 is 0 Å². The summed E-state index contributed by atoms with van der Waals surface area (Å²) in [7, 11) is 0. The third-order valence-corrected chi connectivity index (χ3v) is 7.44. The summed E-state index contributed by atoms with van der Waals surface area (Å²) in [5.41, 5.74) is 2.73. The maximum Gasteiger partial charge on any atom is 0.310 e. The molecule has 2 aliphatic rings. The molecule has 2 aromatic rings. The Balaban J connectivity index is 1.34. The normalized spacial score (nSPS) is 22.1. The van der Waals surface area contributed by atoms with Crippen LogP contribution in [-0.4, -0.2) is 60.5 Å². The Labute approximate surface area is 219 Å². The van der Waals surface area contributed by atoms with E-state index in [2.05, 4.69) is 37.1 Å². The Morgan fingerprint density at radius 2 is 1.84 bits per heavy atom. The zero-order valence-electron chi connectivity index (χ0n) is 22.6. The first-order valence-corrected chi connectivity index (χ1v) is 13.6. The lowest BCUT2D eigenvalue weighted by atomic mass is 9.92. The molecule has 8 heteroatoms. The lowest BCUT2D eigenvalue weighted by Crippen LogP contribution is -2.43. The van der Waals surface area contributed by atoms with E-state index in [-0.39, 0.29) is 36.5 Å². The van der Waals surface area contributed by atoms with Crippen LogP contribution in [0, 0.1) is 24.7 Å². The molecule has 2 saturated heterocycles. The van der Waals surface area contributed by atoms with Crippen LogP contribution >= 0.6 is 0 Å². The minimum atomic E-state index is -0.275. The molecule has 0 saturated carbocycles. The van der Waals surface area contributed by atoms with Gasteiger partial charge >= 0.3 is 5.97 Å². The zero-order chi connectivity index (χ0) is 26.5. The summed E-state index contributed by atoms with van der Waals surface area (Å²) in [4.78, 5) is 46.3. The topological polar surface area (TPSA) is 91.8 Å². The van der Waals surface area contributed by atoms with Crippen LogP contribution in [0.15, 0.2) is 24.3 Å². The molecule has 2 fully saturated rings. The number of rotatable bonds is 7. The van der Waals surface area contributed by atoms with Gasteiger partial charge in [0.1, 0.15) is 5.82 Å². The molecule has 4 rings (SSSR count). The summed E-state index contributed by atoms with van der Waals surface area (Å²) in [5.74, 6) is 1.50. The largest absolute Gasteiger partial charge is 0.466 e. The quantitative estimate of drug-likeness (QED) is 0.552. The van der Waals surface area contributed by atoms with Crippen molar-refractivity contribution in [1.82, 2.24) is 9.88 Å². The molecule has 3 atom stereocenters. The van der Waals surface area contributed by atoms with Crippen LogP contribution in [0.2, 0.25) is 0 Å². The van der Waals surface area contributed by atoms with Crippen LogP contribution in [0.1, 0.15) is 58.4 Å². The fraction of sp³-hybridized carbons (Fsp3) is 0.586. The van der Waals surface area contributed by atoms with Gasteiger partial charge in [0, 0.05) is 50.1 Å². The lowest BCUT2D eigenvalue weighted by Gasteiger charge is -2.36. The SMILES string of the molecule is CCOC(=O)[C@@H]1CCCN(C(=O)CCC(=O)Nc2ccc3nc(N4C[C@@H](C)C[C@H](C)C4)cc(C)c3c2)C1. The Morgan fingerprint density at radius 3 is 2.57 bits per heavy atom. The van der Waals surface area contributed by atoms with Crippen LogP contribution < -0.4 is 10.2 Å². The second kappa shape index (κ2) is 11.9. The minimum absolute atomic E-state index is 0.0962. The first-order chi connectivity index (χ1) is 17.7. The number of pyridine rings is 1. The van der Waals surface area contributed by atoms with Gasteiger partial charge in [0.25, 0.3) is 0 Å². The van der Waals surface area contributed by atoms with Crippen molar-refractivity contribution in [2.45, 2.75) is 59.8 Å². The molecule has 0 bridgehead atoms. The smallest absolute Gasteiger partial charge is 0.310 e. The highest BCUT2D eigenvalue weighted by atomic mass is 16.5. The third kappa shape index (κ3) is 6.79. The van der Waals surface area contributed by atoms with Crippen LogP contribution in [0.5, 0.6) is 0 Å². The number of carbonyl (C=O) groups excluding carboxylic acids is 3. The highest BCUT2D eigenvalue weighted by Crippen LogP contribution is 2.29. The Kier molecular flexibility index (Phi) is 8.67. The van der Waals surface area contributed by atoms with Crippen molar-refractivity contribution < 1.29 is 19.1 Å². The van der Waals surface area contributed by atoms with E-state index in [1.165, 1.54) is 6.42 Å². The first-order valence-electron chi connectivity index (χ1n) is 13.6. The predicted octanol–water partition coefficient (Wildman–Crippen LogP) is 4.55. The molecule has 0 spiro atoms. The molecule has 2 amide bonds. The summed E-state index contributed by atoms with van der Waals surface area (Å²) in [6.07, 6.45) is 2.97. The first kappa shape index (κ1) is 26.9. The Bertz CT molecular complexity index is 1140. The van der Waals surface area contributed by atoms with Crippen molar-refractivity contribution in [2.24, 2.45) is 17.8 Å². The van der Waals surface area contributed by atoms with Crippen molar-refractivity contribution in [2.75, 3.05) is 43.0 Å². The third-order valence-electron chi connectivity index (χ3n) is 7.44. The van der Waals surface area contributed by atoms with E-state index in [1.807, 2.05) is 18.2 Å². The van der Waals surface area contributed by atoms with Crippen LogP contribution in [0.3, 0.4) is 0 Å². The number of carbonyl (C=O) groups is 3. The molecule has 200 valence electrons. The molecular weight excluding hydrogens is 468 g/mol. The van der Waals surface area contributed by atoms with E-state index in [9.17, 15) is 14.4 Å². The fourth-order valence-corrected chi connectivity index (χ4v) is 5.72. The molecule has 1 N–H and O–H groups in total. The van der Waals surface area contributed by atoms with Gasteiger partial charge in [-0.15, -0.1) is 0 Å². The number of benzene rings is 1. The number of fused-ring (bicyclic) bond motifs is 1. The van der Waals surface area contributed by atoms with Crippen molar-refractivity contribution in [3.63, 3.8) is 0 Å². The maximum atomic E-state index is 12.7. The lowest BCUT2D eigenvalue weighted by molar-refractivity contribution is -0.151. The van der Waals surface area contributed by atoms with Crippen molar-refractivity contribution in [3.05, 3.63) is 29.8 Å². The average molecular weight is 509 g/mol. The predicted molar refractivity (Wildman–Crippen MR) is 145 cm³/mol. The molecule has 3 heterocycles. The van der Waals surface area contributed by atoms with Crippen LogP contribution in [-0.2, 0) is 19.1 Å². The summed E-state index contributed by atoms with van der Waals surface area (Å²) in [5, 5.41) is 3.94. The van der Waals surface area contributed by atoms with Gasteiger partial charge in [-0.3, -0.25) is 14.4 Å². The molecule has 1 aromatic heterocycles. The van der Waals surface area contributed by atoms with Crippen LogP contribution in [0.25, 0.3) is 10.9 Å². The van der Waals surface area contributed by atoms with E-state index in [0.717, 1.165) is 48.2 Å². The monoisotopic (exact) mass is 508 g/mol. The maximum absolute atomic E-state index is 12.7. The van der Waals surface area contributed by atoms with Gasteiger partial charge in [-0.2, -0.15) is 0 Å². The van der Waals surface area contributed by atoms with Gasteiger partial charge in [0.2, 0.25) is 11.8 Å². The van der Waals surface area contributed by atoms with Gasteiger partial charge in [-0.1, -0.05) is 13.8 Å². The number of likely N-dealkylation sites (tertiary alicyclic amines) is 1. The second-order valence-corrected chi connectivity index (χ2v) is 10.9. The number of esters is 1. The molecular formula is C29H40N4O4. The summed E-state index contributed by atoms with van der Waals surface area (Å²) in [6, 6.07) is 7.91. The number of aryl methyl sites for hydroxylation is 1. The fourth-order valence-electron chi connectivity index (χ4n) is 5.72. The number of ether oxygens (including phenoxy) is 1. The molecule has 1 aromatic carbocycles. The van der Waals surface area contributed by atoms with Gasteiger partial charge in [-0.05, 0) is 74.8 Å². The van der Waals surface area contributed by atoms with E-state index in [0.29, 0.717) is 37.2 Å². The number of piperidine rings is 2. The molecule has 0 aliphatic carbocycles. The van der Waals surface area contributed by atoms with Crippen molar-refractivity contribution >= 4 is 40.2 Å². The van der Waals surface area contributed by atoms with E-state index in [1.54, 1.807) is 11.8 Å².